The maximum absolute atomic E-state index is 12.0. The number of ketones is 1. The SMILES string of the molecule is Cc1ccc(C(=O)CC2=[N+](C)OCC2)cc1. The molecule has 1 aromatic rings. The fourth-order valence-corrected chi connectivity index (χ4v) is 1.78. The molecule has 0 atom stereocenters. The minimum atomic E-state index is 0.160. The molecule has 16 heavy (non-hydrogen) atoms. The van der Waals surface area contributed by atoms with Gasteiger partial charge in [-0.1, -0.05) is 29.8 Å². The zero-order valence-electron chi connectivity index (χ0n) is 9.69. The van der Waals surface area contributed by atoms with Gasteiger partial charge in [0.25, 0.3) is 0 Å². The van der Waals surface area contributed by atoms with Crippen LogP contribution in [0.3, 0.4) is 0 Å². The van der Waals surface area contributed by atoms with Crippen molar-refractivity contribution in [3.63, 3.8) is 0 Å². The molecule has 1 aromatic carbocycles. The Bertz CT molecular complexity index is 432. The standard InChI is InChI=1S/C13H16NO2/c1-10-3-5-11(6-4-10)13(15)9-12-7-8-16-14(12)2/h3-6H,7-9H2,1-2H3/q+1. The third kappa shape index (κ3) is 2.30. The third-order valence-corrected chi connectivity index (χ3v) is 2.86. The van der Waals surface area contributed by atoms with E-state index >= 15 is 0 Å². The van der Waals surface area contributed by atoms with Crippen LogP contribution in [0.2, 0.25) is 0 Å². The molecule has 84 valence electrons. The predicted octanol–water partition coefficient (Wildman–Crippen LogP) is 1.99. The number of hydrogen-bond acceptors (Lipinski definition) is 2. The van der Waals surface area contributed by atoms with Crippen molar-refractivity contribution in [3.8, 4) is 0 Å². The number of aryl methyl sites for hydroxylation is 1. The van der Waals surface area contributed by atoms with Crippen molar-refractivity contribution >= 4 is 11.5 Å². The lowest BCUT2D eigenvalue weighted by Gasteiger charge is -1.99. The van der Waals surface area contributed by atoms with Crippen LogP contribution in [0.25, 0.3) is 0 Å². The van der Waals surface area contributed by atoms with E-state index in [4.69, 9.17) is 4.84 Å². The summed E-state index contributed by atoms with van der Waals surface area (Å²) >= 11 is 0. The number of carbonyl (C=O) groups is 1. The minimum Gasteiger partial charge on any atom is -0.294 e. The number of hydrogen-bond donors (Lipinski definition) is 0. The number of carbonyl (C=O) groups excluding carboxylic acids is 1. The van der Waals surface area contributed by atoms with Crippen molar-refractivity contribution in [2.24, 2.45) is 0 Å². The highest BCUT2D eigenvalue weighted by molar-refractivity contribution is 6.08. The summed E-state index contributed by atoms with van der Waals surface area (Å²) in [7, 11) is 1.85. The van der Waals surface area contributed by atoms with Gasteiger partial charge in [0.1, 0.15) is 0 Å². The molecule has 1 aliphatic rings. The molecule has 0 N–H and O–H groups in total. The molecule has 0 spiro atoms. The summed E-state index contributed by atoms with van der Waals surface area (Å²) in [4.78, 5) is 17.2. The topological polar surface area (TPSA) is 29.3 Å². The van der Waals surface area contributed by atoms with E-state index in [1.165, 1.54) is 5.56 Å². The molecule has 0 radical (unpaired) electrons. The summed E-state index contributed by atoms with van der Waals surface area (Å²) in [6, 6.07) is 7.70. The largest absolute Gasteiger partial charge is 0.294 e. The summed E-state index contributed by atoms with van der Waals surface area (Å²) in [5.74, 6) is 0.160. The van der Waals surface area contributed by atoms with Crippen LogP contribution in [-0.4, -0.2) is 29.9 Å². The van der Waals surface area contributed by atoms with Crippen molar-refractivity contribution in [2.75, 3.05) is 13.7 Å². The van der Waals surface area contributed by atoms with E-state index < -0.39 is 0 Å². The van der Waals surface area contributed by atoms with E-state index in [9.17, 15) is 4.79 Å². The highest BCUT2D eigenvalue weighted by atomic mass is 16.7. The fourth-order valence-electron chi connectivity index (χ4n) is 1.78. The quantitative estimate of drug-likeness (QED) is 0.573. The zero-order chi connectivity index (χ0) is 11.5. The number of benzene rings is 1. The minimum absolute atomic E-state index is 0.160. The molecular formula is C13H16NO2+. The molecule has 0 aromatic heterocycles. The second kappa shape index (κ2) is 4.47. The van der Waals surface area contributed by atoms with Crippen LogP contribution in [0.15, 0.2) is 24.3 Å². The lowest BCUT2D eigenvalue weighted by molar-refractivity contribution is -0.758. The van der Waals surface area contributed by atoms with Crippen molar-refractivity contribution in [1.29, 1.82) is 0 Å². The number of Topliss-reactive ketones (excluding diaryl/α,β-unsaturated/α-hetero) is 1. The van der Waals surface area contributed by atoms with Crippen LogP contribution in [0.5, 0.6) is 0 Å². The van der Waals surface area contributed by atoms with Gasteiger partial charge in [0.05, 0.1) is 12.8 Å². The van der Waals surface area contributed by atoms with Crippen molar-refractivity contribution < 1.29 is 14.4 Å². The molecule has 0 saturated carbocycles. The molecule has 0 bridgehead atoms. The Hall–Kier alpha value is -1.64. The smallest absolute Gasteiger partial charge is 0.215 e. The molecule has 3 nitrogen and oxygen atoms in total. The Balaban J connectivity index is 2.09. The van der Waals surface area contributed by atoms with E-state index in [1.807, 2.05) is 38.2 Å². The summed E-state index contributed by atoms with van der Waals surface area (Å²) < 4.78 is 1.71. The first-order valence-corrected chi connectivity index (χ1v) is 5.48. The number of hydroxylamine groups is 1. The van der Waals surface area contributed by atoms with Gasteiger partial charge in [0.2, 0.25) is 5.71 Å². The van der Waals surface area contributed by atoms with Crippen LogP contribution < -0.4 is 0 Å². The maximum atomic E-state index is 12.0. The molecule has 0 amide bonds. The van der Waals surface area contributed by atoms with Crippen LogP contribution >= 0.6 is 0 Å². The average Bonchev–Trinajstić information content (AvgIpc) is 2.65. The van der Waals surface area contributed by atoms with Crippen LogP contribution in [0.1, 0.15) is 28.8 Å². The number of nitrogens with zero attached hydrogens (tertiary/aromatic N) is 1. The molecule has 0 aliphatic carbocycles. The van der Waals surface area contributed by atoms with E-state index in [1.54, 1.807) is 4.74 Å². The molecule has 0 unspecified atom stereocenters. The van der Waals surface area contributed by atoms with Gasteiger partial charge < -0.3 is 0 Å². The van der Waals surface area contributed by atoms with Crippen LogP contribution in [-0.2, 0) is 4.84 Å². The summed E-state index contributed by atoms with van der Waals surface area (Å²) in [5.41, 5.74) is 3.01. The fraction of sp³-hybridized carbons (Fsp3) is 0.385. The third-order valence-electron chi connectivity index (χ3n) is 2.86. The van der Waals surface area contributed by atoms with Crippen LogP contribution in [0, 0.1) is 6.92 Å². The van der Waals surface area contributed by atoms with Gasteiger partial charge in [-0.2, -0.15) is 0 Å². The van der Waals surface area contributed by atoms with Gasteiger partial charge in [-0.25, -0.2) is 0 Å². The molecule has 1 heterocycles. The Labute approximate surface area is 95.3 Å². The Morgan fingerprint density at radius 2 is 2.06 bits per heavy atom. The predicted molar refractivity (Wildman–Crippen MR) is 61.9 cm³/mol. The molecular weight excluding hydrogens is 202 g/mol. The highest BCUT2D eigenvalue weighted by Crippen LogP contribution is 2.10. The van der Waals surface area contributed by atoms with Gasteiger partial charge in [-0.15, -0.1) is 0 Å². The molecule has 0 saturated heterocycles. The second-order valence-electron chi connectivity index (χ2n) is 4.11. The summed E-state index contributed by atoms with van der Waals surface area (Å²) in [6.07, 6.45) is 1.31. The van der Waals surface area contributed by atoms with Gasteiger partial charge >= 0.3 is 0 Å². The Morgan fingerprint density at radius 1 is 1.38 bits per heavy atom. The molecule has 0 fully saturated rings. The van der Waals surface area contributed by atoms with E-state index in [2.05, 4.69) is 0 Å². The van der Waals surface area contributed by atoms with Crippen molar-refractivity contribution in [3.05, 3.63) is 35.4 Å². The Kier molecular flexibility index (Phi) is 3.04. The summed E-state index contributed by atoms with van der Waals surface area (Å²) in [6.45, 7) is 2.70. The van der Waals surface area contributed by atoms with E-state index in [0.29, 0.717) is 13.0 Å². The first-order valence-electron chi connectivity index (χ1n) is 5.48. The van der Waals surface area contributed by atoms with Gasteiger partial charge in [0.15, 0.2) is 19.4 Å². The molecule has 3 heteroatoms. The van der Waals surface area contributed by atoms with E-state index in [-0.39, 0.29) is 5.78 Å². The second-order valence-corrected chi connectivity index (χ2v) is 4.11. The van der Waals surface area contributed by atoms with Crippen LogP contribution in [0.4, 0.5) is 0 Å². The van der Waals surface area contributed by atoms with Crippen molar-refractivity contribution in [1.82, 2.24) is 0 Å². The van der Waals surface area contributed by atoms with E-state index in [0.717, 1.165) is 17.7 Å². The highest BCUT2D eigenvalue weighted by Gasteiger charge is 2.24. The lowest BCUT2D eigenvalue weighted by atomic mass is 10.0. The first-order chi connectivity index (χ1) is 7.66. The van der Waals surface area contributed by atoms with Gasteiger partial charge in [0, 0.05) is 5.56 Å². The van der Waals surface area contributed by atoms with Gasteiger partial charge in [-0.05, 0) is 11.7 Å². The monoisotopic (exact) mass is 218 g/mol. The normalized spacial score (nSPS) is 15.1. The Morgan fingerprint density at radius 3 is 2.62 bits per heavy atom. The van der Waals surface area contributed by atoms with Crippen molar-refractivity contribution in [2.45, 2.75) is 19.8 Å². The molecule has 2 rings (SSSR count). The zero-order valence-corrected chi connectivity index (χ0v) is 9.69. The number of rotatable bonds is 3. The average molecular weight is 218 g/mol. The van der Waals surface area contributed by atoms with Gasteiger partial charge in [-0.3, -0.25) is 9.63 Å². The molecule has 1 aliphatic heterocycles. The maximum Gasteiger partial charge on any atom is 0.215 e. The summed E-state index contributed by atoms with van der Waals surface area (Å²) in [5, 5.41) is 0. The first kappa shape index (κ1) is 10.9. The lowest BCUT2D eigenvalue weighted by Crippen LogP contribution is -2.13.